The van der Waals surface area contributed by atoms with Crippen LogP contribution in [0.15, 0.2) is 40.7 Å². The first-order valence-corrected chi connectivity index (χ1v) is 12.0. The van der Waals surface area contributed by atoms with Gasteiger partial charge < -0.3 is 4.90 Å². The third-order valence-electron chi connectivity index (χ3n) is 5.79. The van der Waals surface area contributed by atoms with E-state index in [4.69, 9.17) is 5.14 Å². The topological polar surface area (TPSA) is 89.2 Å². The van der Waals surface area contributed by atoms with Gasteiger partial charge in [-0.05, 0) is 68.0 Å². The number of pyridine rings is 1. The number of nitrogens with zero attached hydrogens (tertiary/aromatic N) is 3. The quantitative estimate of drug-likeness (QED) is 0.648. The minimum Gasteiger partial charge on any atom is -0.348 e. The summed E-state index contributed by atoms with van der Waals surface area (Å²) in [5, 5.41) is 5.90. The number of aryl methyl sites for hydroxylation is 1. The van der Waals surface area contributed by atoms with Crippen molar-refractivity contribution in [2.24, 2.45) is 11.1 Å². The lowest BCUT2D eigenvalue weighted by molar-refractivity contribution is 0.449. The number of aromatic nitrogens is 2. The monoisotopic (exact) mass is 446 g/mol. The average Bonchev–Trinajstić information content (AvgIpc) is 3.29. The number of anilines is 1. The largest absolute Gasteiger partial charge is 0.348 e. The summed E-state index contributed by atoms with van der Waals surface area (Å²) in [6.45, 7) is 3.73. The normalized spacial score (nSPS) is 17.0. The summed E-state index contributed by atoms with van der Waals surface area (Å²) in [5.74, 6) is -0.00651. The van der Waals surface area contributed by atoms with Gasteiger partial charge >= 0.3 is 0 Å². The van der Waals surface area contributed by atoms with E-state index in [0.717, 1.165) is 35.3 Å². The van der Waals surface area contributed by atoms with Crippen molar-refractivity contribution in [3.05, 3.63) is 59.2 Å². The predicted octanol–water partition coefficient (Wildman–Crippen LogP) is 3.54. The fourth-order valence-electron chi connectivity index (χ4n) is 4.01. The Kier molecular flexibility index (Phi) is 5.37. The van der Waals surface area contributed by atoms with Crippen LogP contribution in [0.2, 0.25) is 0 Å². The summed E-state index contributed by atoms with van der Waals surface area (Å²) in [6, 6.07) is 9.08. The van der Waals surface area contributed by atoms with Gasteiger partial charge in [0.2, 0.25) is 10.0 Å². The Morgan fingerprint density at radius 3 is 2.57 bits per heavy atom. The third-order valence-corrected chi connectivity index (χ3v) is 8.59. The summed E-state index contributed by atoms with van der Waals surface area (Å²) in [6.07, 6.45) is 3.23. The van der Waals surface area contributed by atoms with Gasteiger partial charge in [0.05, 0.1) is 11.4 Å². The van der Waals surface area contributed by atoms with Crippen LogP contribution in [-0.4, -0.2) is 31.5 Å². The Morgan fingerprint density at radius 1 is 1.27 bits per heavy atom. The lowest BCUT2D eigenvalue weighted by atomic mass is 9.97. The molecular weight excluding hydrogens is 423 g/mol. The number of thiazole rings is 1. The molecule has 0 radical (unpaired) electrons. The molecule has 1 aromatic carbocycles. The van der Waals surface area contributed by atoms with Gasteiger partial charge in [-0.15, -0.1) is 0 Å². The SMILES string of the molecule is Cc1nc(N(C)C(C)C2Cc3cc(F)c(-c4ccccn4)cc3C2)sc1S(N)(=O)=O. The number of sulfonamides is 1. The van der Waals surface area contributed by atoms with Crippen LogP contribution in [0, 0.1) is 18.7 Å². The minimum absolute atomic E-state index is 0.0811. The van der Waals surface area contributed by atoms with E-state index >= 15 is 0 Å². The third kappa shape index (κ3) is 3.84. The zero-order valence-corrected chi connectivity index (χ0v) is 18.6. The van der Waals surface area contributed by atoms with Crippen LogP contribution in [0.4, 0.5) is 9.52 Å². The molecule has 0 bridgehead atoms. The van der Waals surface area contributed by atoms with Gasteiger partial charge in [-0.25, -0.2) is 22.9 Å². The van der Waals surface area contributed by atoms with Crippen LogP contribution in [0.3, 0.4) is 0 Å². The number of primary sulfonamides is 1. The van der Waals surface area contributed by atoms with Crippen LogP contribution < -0.4 is 10.0 Å². The van der Waals surface area contributed by atoms with E-state index in [1.807, 2.05) is 36.2 Å². The molecule has 2 aromatic heterocycles. The molecule has 2 heterocycles. The van der Waals surface area contributed by atoms with Crippen molar-refractivity contribution in [2.75, 3.05) is 11.9 Å². The molecule has 0 amide bonds. The summed E-state index contributed by atoms with van der Waals surface area (Å²) < 4.78 is 38.3. The Bertz CT molecular complexity index is 1200. The number of nitrogens with two attached hydrogens (primary N) is 1. The number of fused-ring (bicyclic) bond motifs is 1. The maximum atomic E-state index is 14.7. The van der Waals surface area contributed by atoms with Crippen molar-refractivity contribution in [1.29, 1.82) is 0 Å². The summed E-state index contributed by atoms with van der Waals surface area (Å²) >= 11 is 1.08. The fraction of sp³-hybridized carbons (Fsp3) is 0.333. The van der Waals surface area contributed by atoms with Crippen LogP contribution >= 0.6 is 11.3 Å². The standard InChI is InChI=1S/C21H23FN4O2S2/c1-12-20(30(23,27)28)29-21(25-12)26(3)13(2)14-8-15-10-17(18(22)11-16(15)9-14)19-6-4-5-7-24-19/h4-7,10-11,13-14H,8-9H2,1-3H3,(H2,23,27,28). The average molecular weight is 447 g/mol. The fourth-order valence-corrected chi connectivity index (χ4v) is 6.01. The van der Waals surface area contributed by atoms with Crippen molar-refractivity contribution < 1.29 is 12.8 Å². The molecule has 0 saturated carbocycles. The molecule has 0 fully saturated rings. The van der Waals surface area contributed by atoms with E-state index in [2.05, 4.69) is 16.9 Å². The predicted molar refractivity (Wildman–Crippen MR) is 117 cm³/mol. The number of hydrogen-bond donors (Lipinski definition) is 1. The van der Waals surface area contributed by atoms with E-state index in [0.29, 0.717) is 22.1 Å². The van der Waals surface area contributed by atoms with Crippen molar-refractivity contribution in [2.45, 2.75) is 36.9 Å². The Labute approximate surface area is 179 Å². The minimum atomic E-state index is -3.79. The molecular formula is C21H23FN4O2S2. The lowest BCUT2D eigenvalue weighted by Crippen LogP contribution is -2.36. The first kappa shape index (κ1) is 20.9. The summed E-state index contributed by atoms with van der Waals surface area (Å²) in [7, 11) is -1.89. The van der Waals surface area contributed by atoms with Crippen LogP contribution in [0.5, 0.6) is 0 Å². The first-order chi connectivity index (χ1) is 14.1. The van der Waals surface area contributed by atoms with Gasteiger partial charge in [-0.2, -0.15) is 0 Å². The number of hydrogen-bond acceptors (Lipinski definition) is 6. The molecule has 1 aliphatic rings. The Balaban J connectivity index is 1.57. The van der Waals surface area contributed by atoms with E-state index in [-0.39, 0.29) is 22.0 Å². The Morgan fingerprint density at radius 2 is 1.97 bits per heavy atom. The maximum Gasteiger partial charge on any atom is 0.249 e. The number of benzene rings is 1. The molecule has 2 atom stereocenters. The van der Waals surface area contributed by atoms with Gasteiger partial charge in [0, 0.05) is 24.8 Å². The van der Waals surface area contributed by atoms with Crippen molar-refractivity contribution in [1.82, 2.24) is 9.97 Å². The molecule has 2 unspecified atom stereocenters. The van der Waals surface area contributed by atoms with Crippen molar-refractivity contribution in [3.8, 4) is 11.3 Å². The van der Waals surface area contributed by atoms with Crippen LogP contribution in [0.1, 0.15) is 23.7 Å². The second-order valence-corrected chi connectivity index (χ2v) is 10.5. The zero-order chi connectivity index (χ0) is 21.6. The van der Waals surface area contributed by atoms with E-state index < -0.39 is 10.0 Å². The van der Waals surface area contributed by atoms with E-state index in [1.165, 1.54) is 0 Å². The molecule has 1 aliphatic carbocycles. The molecule has 9 heteroatoms. The zero-order valence-electron chi connectivity index (χ0n) is 17.0. The second kappa shape index (κ2) is 7.72. The molecule has 0 spiro atoms. The molecule has 30 heavy (non-hydrogen) atoms. The second-order valence-electron chi connectivity index (χ2n) is 7.75. The van der Waals surface area contributed by atoms with Gasteiger partial charge in [-0.1, -0.05) is 17.4 Å². The van der Waals surface area contributed by atoms with Crippen LogP contribution in [-0.2, 0) is 22.9 Å². The molecule has 0 aliphatic heterocycles. The van der Waals surface area contributed by atoms with Crippen molar-refractivity contribution >= 4 is 26.5 Å². The maximum absolute atomic E-state index is 14.7. The van der Waals surface area contributed by atoms with E-state index in [9.17, 15) is 12.8 Å². The van der Waals surface area contributed by atoms with Gasteiger partial charge in [0.1, 0.15) is 5.82 Å². The lowest BCUT2D eigenvalue weighted by Gasteiger charge is -2.29. The summed E-state index contributed by atoms with van der Waals surface area (Å²) in [5.41, 5.74) is 3.69. The highest BCUT2D eigenvalue weighted by Gasteiger charge is 2.31. The smallest absolute Gasteiger partial charge is 0.249 e. The highest BCUT2D eigenvalue weighted by Crippen LogP contribution is 2.37. The highest BCUT2D eigenvalue weighted by atomic mass is 32.2. The molecule has 3 aromatic rings. The number of halogens is 1. The molecule has 4 rings (SSSR count). The highest BCUT2D eigenvalue weighted by molar-refractivity contribution is 7.91. The molecule has 2 N–H and O–H groups in total. The molecule has 158 valence electrons. The first-order valence-electron chi connectivity index (χ1n) is 9.61. The van der Waals surface area contributed by atoms with Gasteiger partial charge in [0.15, 0.2) is 9.34 Å². The van der Waals surface area contributed by atoms with Gasteiger partial charge in [0.25, 0.3) is 0 Å². The van der Waals surface area contributed by atoms with Crippen LogP contribution in [0.25, 0.3) is 11.3 Å². The molecule has 6 nitrogen and oxygen atoms in total. The summed E-state index contributed by atoms with van der Waals surface area (Å²) in [4.78, 5) is 10.7. The van der Waals surface area contributed by atoms with Crippen molar-refractivity contribution in [3.63, 3.8) is 0 Å². The Hall–Kier alpha value is -2.36. The van der Waals surface area contributed by atoms with E-state index in [1.54, 1.807) is 19.2 Å². The van der Waals surface area contributed by atoms with Gasteiger partial charge in [-0.3, -0.25) is 4.98 Å². The number of rotatable bonds is 5. The molecule has 0 saturated heterocycles.